The number of ketones is 1. The highest BCUT2D eigenvalue weighted by molar-refractivity contribution is 6.09. The Morgan fingerprint density at radius 3 is 2.52 bits per heavy atom. The number of amides is 1. The van der Waals surface area contributed by atoms with Gasteiger partial charge in [-0.2, -0.15) is 0 Å². The zero-order chi connectivity index (χ0) is 19.5. The summed E-state index contributed by atoms with van der Waals surface area (Å²) in [7, 11) is 0. The molecule has 0 saturated heterocycles. The van der Waals surface area contributed by atoms with Crippen LogP contribution in [0.4, 0.5) is 0 Å². The van der Waals surface area contributed by atoms with Gasteiger partial charge in [0.05, 0.1) is 12.0 Å². The first kappa shape index (κ1) is 20.4. The Morgan fingerprint density at radius 2 is 1.85 bits per heavy atom. The average Bonchev–Trinajstić information content (AvgIpc) is 2.96. The normalized spacial score (nSPS) is 14.0. The highest BCUT2D eigenvalue weighted by Crippen LogP contribution is 2.27. The van der Waals surface area contributed by atoms with Crippen LogP contribution in [0.3, 0.4) is 0 Å². The van der Waals surface area contributed by atoms with Gasteiger partial charge in [0.25, 0.3) is 0 Å². The molecule has 1 aliphatic heterocycles. The van der Waals surface area contributed by atoms with Crippen LogP contribution >= 0.6 is 0 Å². The van der Waals surface area contributed by atoms with E-state index in [0.29, 0.717) is 31.0 Å². The number of benzene rings is 1. The van der Waals surface area contributed by atoms with Gasteiger partial charge in [-0.3, -0.25) is 9.59 Å². The maximum atomic E-state index is 12.8. The van der Waals surface area contributed by atoms with Crippen LogP contribution in [0.15, 0.2) is 61.7 Å². The fourth-order valence-corrected chi connectivity index (χ4v) is 2.90. The largest absolute Gasteiger partial charge is 0.488 e. The average molecular weight is 365 g/mol. The van der Waals surface area contributed by atoms with Gasteiger partial charge >= 0.3 is 0 Å². The standard InChI is InChI=1S/C23H27NO3/c1-3-5-8-12-19-13-11-14-20(23(19)27-17-4-2)21(25)18-22(26)24-15-9-6-7-10-16-24/h3-4,6-8,11-14H,1-2,5,9-10,15-18H2/b12-8-. The zero-order valence-corrected chi connectivity index (χ0v) is 15.7. The van der Waals surface area contributed by atoms with Crippen LogP contribution in [0.1, 0.15) is 41.6 Å². The van der Waals surface area contributed by atoms with Gasteiger partial charge in [-0.1, -0.05) is 55.2 Å². The third-order valence-electron chi connectivity index (χ3n) is 4.25. The lowest BCUT2D eigenvalue weighted by Gasteiger charge is -2.20. The number of allylic oxidation sites excluding steroid dienone is 2. The molecule has 27 heavy (non-hydrogen) atoms. The second kappa shape index (κ2) is 11.0. The number of nitrogens with zero attached hydrogens (tertiary/aromatic N) is 1. The van der Waals surface area contributed by atoms with Crippen LogP contribution in [0.5, 0.6) is 5.75 Å². The Morgan fingerprint density at radius 1 is 1.11 bits per heavy atom. The van der Waals surface area contributed by atoms with Gasteiger partial charge < -0.3 is 9.64 Å². The second-order valence-corrected chi connectivity index (χ2v) is 6.28. The number of rotatable bonds is 9. The van der Waals surface area contributed by atoms with Crippen molar-refractivity contribution in [3.05, 3.63) is 72.9 Å². The summed E-state index contributed by atoms with van der Waals surface area (Å²) in [5.41, 5.74) is 1.23. The van der Waals surface area contributed by atoms with Gasteiger partial charge in [0, 0.05) is 18.7 Å². The molecule has 1 aromatic rings. The highest BCUT2D eigenvalue weighted by Gasteiger charge is 2.21. The fourth-order valence-electron chi connectivity index (χ4n) is 2.90. The van der Waals surface area contributed by atoms with Gasteiger partial charge in [0.2, 0.25) is 5.91 Å². The Hall–Kier alpha value is -2.88. The predicted octanol–water partition coefficient (Wildman–Crippen LogP) is 4.59. The van der Waals surface area contributed by atoms with Gasteiger partial charge in [-0.05, 0) is 25.3 Å². The van der Waals surface area contributed by atoms with E-state index in [-0.39, 0.29) is 18.1 Å². The van der Waals surface area contributed by atoms with Crippen LogP contribution in [0, 0.1) is 0 Å². The Balaban J connectivity index is 2.19. The predicted molar refractivity (Wildman–Crippen MR) is 110 cm³/mol. The first-order chi connectivity index (χ1) is 13.2. The van der Waals surface area contributed by atoms with Gasteiger partial charge in [-0.25, -0.2) is 0 Å². The van der Waals surface area contributed by atoms with Crippen LogP contribution in [-0.4, -0.2) is 36.3 Å². The van der Waals surface area contributed by atoms with Crippen molar-refractivity contribution in [2.45, 2.75) is 25.7 Å². The maximum absolute atomic E-state index is 12.8. The molecule has 0 N–H and O–H groups in total. The summed E-state index contributed by atoms with van der Waals surface area (Å²) in [6.45, 7) is 8.97. The molecule has 0 atom stereocenters. The molecule has 1 heterocycles. The van der Waals surface area contributed by atoms with E-state index in [1.54, 1.807) is 23.1 Å². The molecule has 142 valence electrons. The molecule has 0 spiro atoms. The van der Waals surface area contributed by atoms with E-state index >= 15 is 0 Å². The molecular weight excluding hydrogens is 338 g/mol. The molecule has 1 aromatic carbocycles. The number of hydrogen-bond donors (Lipinski definition) is 0. The monoisotopic (exact) mass is 365 g/mol. The number of hydrogen-bond acceptors (Lipinski definition) is 3. The lowest BCUT2D eigenvalue weighted by Crippen LogP contribution is -2.33. The summed E-state index contributed by atoms with van der Waals surface area (Å²) >= 11 is 0. The summed E-state index contributed by atoms with van der Waals surface area (Å²) < 4.78 is 5.77. The van der Waals surface area contributed by atoms with E-state index < -0.39 is 0 Å². The van der Waals surface area contributed by atoms with E-state index in [4.69, 9.17) is 4.74 Å². The number of carbonyl (C=O) groups is 2. The van der Waals surface area contributed by atoms with Crippen molar-refractivity contribution in [3.8, 4) is 5.75 Å². The zero-order valence-electron chi connectivity index (χ0n) is 15.7. The van der Waals surface area contributed by atoms with Crippen molar-refractivity contribution in [3.63, 3.8) is 0 Å². The van der Waals surface area contributed by atoms with Crippen molar-refractivity contribution < 1.29 is 14.3 Å². The van der Waals surface area contributed by atoms with Crippen molar-refractivity contribution >= 4 is 17.8 Å². The fraction of sp³-hybridized carbons (Fsp3) is 0.304. The van der Waals surface area contributed by atoms with E-state index in [0.717, 1.165) is 24.8 Å². The van der Waals surface area contributed by atoms with Crippen LogP contribution in [0.2, 0.25) is 0 Å². The van der Waals surface area contributed by atoms with Crippen molar-refractivity contribution in [1.82, 2.24) is 4.90 Å². The molecule has 0 aromatic heterocycles. The summed E-state index contributed by atoms with van der Waals surface area (Å²) in [5, 5.41) is 0. The second-order valence-electron chi connectivity index (χ2n) is 6.28. The van der Waals surface area contributed by atoms with Crippen LogP contribution in [-0.2, 0) is 4.79 Å². The quantitative estimate of drug-likeness (QED) is 0.365. The number of para-hydroxylation sites is 1. The molecule has 4 nitrogen and oxygen atoms in total. The number of carbonyl (C=O) groups excluding carboxylic acids is 2. The van der Waals surface area contributed by atoms with E-state index in [9.17, 15) is 9.59 Å². The highest BCUT2D eigenvalue weighted by atomic mass is 16.5. The molecule has 0 radical (unpaired) electrons. The third-order valence-corrected chi connectivity index (χ3v) is 4.25. The molecule has 0 bridgehead atoms. The summed E-state index contributed by atoms with van der Waals surface area (Å²) in [4.78, 5) is 27.2. The lowest BCUT2D eigenvalue weighted by molar-refractivity contribution is -0.130. The van der Waals surface area contributed by atoms with Crippen molar-refractivity contribution in [2.24, 2.45) is 0 Å². The molecule has 0 fully saturated rings. The van der Waals surface area contributed by atoms with E-state index in [1.807, 2.05) is 24.3 Å². The number of ether oxygens (including phenoxy) is 1. The van der Waals surface area contributed by atoms with E-state index in [1.165, 1.54) is 0 Å². The van der Waals surface area contributed by atoms with Crippen molar-refractivity contribution in [2.75, 3.05) is 19.7 Å². The SMILES string of the molecule is C=CC/C=C\c1cccc(C(=O)CC(=O)N2CCC=CCC2)c1OCC=C. The van der Waals surface area contributed by atoms with Crippen LogP contribution < -0.4 is 4.74 Å². The first-order valence-electron chi connectivity index (χ1n) is 9.27. The summed E-state index contributed by atoms with van der Waals surface area (Å²) in [5.74, 6) is 0.134. The molecule has 0 aliphatic carbocycles. The summed E-state index contributed by atoms with van der Waals surface area (Å²) in [6, 6.07) is 5.40. The smallest absolute Gasteiger partial charge is 0.230 e. The molecule has 4 heteroatoms. The van der Waals surface area contributed by atoms with Gasteiger partial charge in [0.15, 0.2) is 5.78 Å². The first-order valence-corrected chi connectivity index (χ1v) is 9.27. The Bertz CT molecular complexity index is 736. The lowest BCUT2D eigenvalue weighted by atomic mass is 10.0. The molecule has 1 amide bonds. The van der Waals surface area contributed by atoms with Gasteiger partial charge in [-0.15, -0.1) is 6.58 Å². The summed E-state index contributed by atoms with van der Waals surface area (Å²) in [6.07, 6.45) is 13.7. The molecule has 0 saturated carbocycles. The third kappa shape index (κ3) is 6.10. The van der Waals surface area contributed by atoms with E-state index in [2.05, 4.69) is 25.3 Å². The molecule has 0 unspecified atom stereocenters. The molecule has 2 rings (SSSR count). The maximum Gasteiger partial charge on any atom is 0.230 e. The molecule has 1 aliphatic rings. The Kier molecular flexibility index (Phi) is 8.30. The minimum atomic E-state index is -0.227. The van der Waals surface area contributed by atoms with Crippen molar-refractivity contribution in [1.29, 1.82) is 0 Å². The minimum Gasteiger partial charge on any atom is -0.488 e. The topological polar surface area (TPSA) is 46.6 Å². The number of Topliss-reactive ketones (excluding diaryl/α,β-unsaturated/α-hetero) is 1. The minimum absolute atomic E-state index is 0.133. The Labute approximate surface area is 161 Å². The molecular formula is C23H27NO3. The van der Waals surface area contributed by atoms with Crippen LogP contribution in [0.25, 0.3) is 6.08 Å². The van der Waals surface area contributed by atoms with Gasteiger partial charge in [0.1, 0.15) is 12.4 Å².